The fraction of sp³-hybridized carbons (Fsp3) is 0.263. The summed E-state index contributed by atoms with van der Waals surface area (Å²) in [6.07, 6.45) is 7.07. The van der Waals surface area contributed by atoms with Crippen LogP contribution in [0.25, 0.3) is 21.8 Å². The topological polar surface area (TPSA) is 78.9 Å². The first kappa shape index (κ1) is 34.9. The maximum atomic E-state index is 6.11. The molecule has 2 aliphatic rings. The largest absolute Gasteiger partial charge is 0.497 e. The summed E-state index contributed by atoms with van der Waals surface area (Å²) in [7, 11) is 1.67. The molecule has 0 fully saturated rings. The van der Waals surface area contributed by atoms with Crippen LogP contribution in [0.4, 0.5) is 0 Å². The van der Waals surface area contributed by atoms with Crippen LogP contribution in [0, 0.1) is 7.14 Å². The second-order valence-electron chi connectivity index (χ2n) is 12.0. The average Bonchev–Trinajstić information content (AvgIpc) is 3.64. The van der Waals surface area contributed by atoms with Gasteiger partial charge in [-0.05, 0) is 173 Å². The summed E-state index contributed by atoms with van der Waals surface area (Å²) in [6, 6.07) is 30.2. The van der Waals surface area contributed by atoms with Crippen LogP contribution in [0.1, 0.15) is 65.8 Å². The Morgan fingerprint density at radius 2 is 1.28 bits per heavy atom. The summed E-state index contributed by atoms with van der Waals surface area (Å²) in [5.74, 6) is 0.912. The molecule has 0 radical (unpaired) electrons. The van der Waals surface area contributed by atoms with E-state index in [0.717, 1.165) is 34.1 Å². The molecule has 0 saturated heterocycles. The van der Waals surface area contributed by atoms with E-state index < -0.39 is 0 Å². The quantitative estimate of drug-likeness (QED) is 0.133. The molecule has 0 aliphatic heterocycles. The van der Waals surface area contributed by atoms with E-state index in [-0.39, 0.29) is 6.04 Å². The highest BCUT2D eigenvalue weighted by molar-refractivity contribution is 14.1. The van der Waals surface area contributed by atoms with Crippen molar-refractivity contribution >= 4 is 98.8 Å². The molecule has 5 N–H and O–H groups in total. The second kappa shape index (κ2) is 16.2. The van der Waals surface area contributed by atoms with Gasteiger partial charge in [0.05, 0.1) is 7.11 Å². The van der Waals surface area contributed by atoms with Crippen molar-refractivity contribution in [2.75, 3.05) is 7.11 Å². The Hall–Kier alpha value is -1.90. The molecule has 0 amide bonds. The van der Waals surface area contributed by atoms with Crippen LogP contribution in [0.15, 0.2) is 93.9 Å². The molecule has 4 aromatic carbocycles. The second-order valence-corrected chi connectivity index (χ2v) is 16.3. The summed E-state index contributed by atoms with van der Waals surface area (Å²) in [5, 5.41) is 6.44. The fourth-order valence-corrected chi connectivity index (χ4v) is 7.96. The zero-order valence-electron chi connectivity index (χ0n) is 26.2. The summed E-state index contributed by atoms with van der Waals surface area (Å²) < 4.78 is 9.77. The molecule has 8 rings (SSSR count). The van der Waals surface area contributed by atoms with Crippen LogP contribution >= 0.6 is 77.0 Å². The van der Waals surface area contributed by atoms with Gasteiger partial charge in [0.1, 0.15) is 5.75 Å². The lowest BCUT2D eigenvalue weighted by atomic mass is 9.91. The molecule has 0 spiro atoms. The number of hydrogen-bond donors (Lipinski definition) is 4. The van der Waals surface area contributed by atoms with Crippen molar-refractivity contribution in [2.45, 2.75) is 57.2 Å². The van der Waals surface area contributed by atoms with Gasteiger partial charge < -0.3 is 25.8 Å². The zero-order chi connectivity index (χ0) is 32.9. The molecule has 2 atom stereocenters. The maximum absolute atomic E-state index is 6.11. The summed E-state index contributed by atoms with van der Waals surface area (Å²) in [6.45, 7) is 0.917. The minimum absolute atomic E-state index is 0.194. The minimum atomic E-state index is 0.194. The number of halogens is 4. The standard InChI is InChI=1S/C19H18BrIN2.C12H13BrN2.C7H7IO/c20-13-6-9-17-16(10-13)15-2-1-3-18(19(15)23-17)22-11-12-4-7-14(21)8-5-12;13-7-4-5-11-9(6-7)8-2-1-3-10(14)12(8)15-11;1-9-7-4-2-6(8)3-5-7/h4-10,18,22-23H,1-3,11H2;4-6,10,15H,1-3,14H2;2-5H,1H3/t18-;10-;/m11./s1. The number of H-pyrrole nitrogens is 2. The molecule has 0 bridgehead atoms. The Bertz CT molecular complexity index is 1950. The molecule has 2 aromatic heterocycles. The number of benzene rings is 4. The minimum Gasteiger partial charge on any atom is -0.497 e. The number of hydrogen-bond acceptors (Lipinski definition) is 3. The number of rotatable bonds is 4. The van der Waals surface area contributed by atoms with Gasteiger partial charge in [-0.3, -0.25) is 0 Å². The van der Waals surface area contributed by atoms with Crippen molar-refractivity contribution < 1.29 is 4.74 Å². The third-order valence-electron chi connectivity index (χ3n) is 8.90. The lowest BCUT2D eigenvalue weighted by Gasteiger charge is -2.24. The highest BCUT2D eigenvalue weighted by Gasteiger charge is 2.24. The van der Waals surface area contributed by atoms with E-state index in [2.05, 4.69) is 153 Å². The molecule has 9 heteroatoms. The molecular formula is C38H38Br2I2N4O. The van der Waals surface area contributed by atoms with Gasteiger partial charge in [0.15, 0.2) is 0 Å². The van der Waals surface area contributed by atoms with Crippen LogP contribution in [-0.4, -0.2) is 17.1 Å². The number of ether oxygens (including phenoxy) is 1. The van der Waals surface area contributed by atoms with E-state index in [0.29, 0.717) is 6.04 Å². The van der Waals surface area contributed by atoms with Gasteiger partial charge in [-0.15, -0.1) is 0 Å². The molecule has 0 unspecified atom stereocenters. The Kier molecular flexibility index (Phi) is 12.0. The molecule has 244 valence electrons. The van der Waals surface area contributed by atoms with Gasteiger partial charge >= 0.3 is 0 Å². The smallest absolute Gasteiger partial charge is 0.118 e. The third-order valence-corrected chi connectivity index (χ3v) is 11.3. The van der Waals surface area contributed by atoms with Gasteiger partial charge in [-0.25, -0.2) is 0 Å². The molecular weight excluding hydrogens is 942 g/mol. The first-order valence-corrected chi connectivity index (χ1v) is 19.7. The number of aromatic amines is 2. The van der Waals surface area contributed by atoms with Crippen LogP contribution in [0.3, 0.4) is 0 Å². The first-order valence-electron chi connectivity index (χ1n) is 15.9. The van der Waals surface area contributed by atoms with Crippen LogP contribution in [-0.2, 0) is 19.4 Å². The predicted molar refractivity (Wildman–Crippen MR) is 219 cm³/mol. The monoisotopic (exact) mass is 978 g/mol. The normalized spacial score (nSPS) is 16.8. The zero-order valence-corrected chi connectivity index (χ0v) is 33.7. The molecule has 47 heavy (non-hydrogen) atoms. The number of nitrogens with two attached hydrogens (primary N) is 1. The maximum Gasteiger partial charge on any atom is 0.118 e. The third kappa shape index (κ3) is 8.64. The number of methoxy groups -OCH3 is 1. The van der Waals surface area contributed by atoms with E-state index in [9.17, 15) is 0 Å². The Labute approximate surface area is 320 Å². The Balaban J connectivity index is 0.000000138. The summed E-state index contributed by atoms with van der Waals surface area (Å²) in [5.41, 5.74) is 15.5. The number of aromatic nitrogens is 2. The Morgan fingerprint density at radius 1 is 0.745 bits per heavy atom. The van der Waals surface area contributed by atoms with Gasteiger partial charge in [0, 0.05) is 67.9 Å². The lowest BCUT2D eigenvalue weighted by molar-refractivity contribution is 0.414. The van der Waals surface area contributed by atoms with E-state index in [1.807, 2.05) is 24.3 Å². The number of aryl methyl sites for hydroxylation is 2. The molecule has 5 nitrogen and oxygen atoms in total. The van der Waals surface area contributed by atoms with Crippen molar-refractivity contribution in [3.05, 3.63) is 129 Å². The lowest BCUT2D eigenvalue weighted by Crippen LogP contribution is -2.24. The van der Waals surface area contributed by atoms with E-state index in [4.69, 9.17) is 10.5 Å². The molecule has 2 aliphatic carbocycles. The number of fused-ring (bicyclic) bond motifs is 6. The van der Waals surface area contributed by atoms with Crippen LogP contribution < -0.4 is 15.8 Å². The van der Waals surface area contributed by atoms with Crippen LogP contribution in [0.5, 0.6) is 5.75 Å². The van der Waals surface area contributed by atoms with Gasteiger partial charge in [-0.1, -0.05) is 44.0 Å². The van der Waals surface area contributed by atoms with Gasteiger partial charge in [0.25, 0.3) is 0 Å². The predicted octanol–water partition coefficient (Wildman–Crippen LogP) is 11.3. The highest BCUT2D eigenvalue weighted by atomic mass is 127. The summed E-state index contributed by atoms with van der Waals surface area (Å²) >= 11 is 11.7. The van der Waals surface area contributed by atoms with E-state index in [1.54, 1.807) is 7.11 Å². The highest BCUT2D eigenvalue weighted by Crippen LogP contribution is 2.36. The van der Waals surface area contributed by atoms with E-state index in [1.165, 1.54) is 82.7 Å². The molecule has 0 saturated carbocycles. The SMILES string of the molecule is Brc1ccc2[nH]c3c(c2c1)CCC[C@H]3NCc1ccc(I)cc1.COc1ccc(I)cc1.N[C@@H]1CCCc2c1[nH]c1ccc(Br)cc21. The van der Waals surface area contributed by atoms with Crippen molar-refractivity contribution in [2.24, 2.45) is 5.73 Å². The average molecular weight is 980 g/mol. The van der Waals surface area contributed by atoms with E-state index >= 15 is 0 Å². The molecule has 2 heterocycles. The van der Waals surface area contributed by atoms with Crippen molar-refractivity contribution in [3.8, 4) is 5.75 Å². The first-order chi connectivity index (χ1) is 22.8. The Morgan fingerprint density at radius 3 is 1.87 bits per heavy atom. The van der Waals surface area contributed by atoms with Gasteiger partial charge in [-0.2, -0.15) is 0 Å². The van der Waals surface area contributed by atoms with Crippen LogP contribution in [0.2, 0.25) is 0 Å². The fourth-order valence-electron chi connectivity index (χ4n) is 6.52. The number of nitrogens with one attached hydrogen (secondary N) is 3. The van der Waals surface area contributed by atoms with Crippen molar-refractivity contribution in [1.82, 2.24) is 15.3 Å². The van der Waals surface area contributed by atoms with Gasteiger partial charge in [0.2, 0.25) is 0 Å². The van der Waals surface area contributed by atoms with Crippen molar-refractivity contribution in [1.29, 1.82) is 0 Å². The van der Waals surface area contributed by atoms with Crippen molar-refractivity contribution in [3.63, 3.8) is 0 Å². The molecule has 6 aromatic rings. The summed E-state index contributed by atoms with van der Waals surface area (Å²) in [4.78, 5) is 7.10.